The molecule has 1 heterocycles. The standard InChI is InChI=1S/C17H16O3/c1-12-6-5-9-15(17(12)20-11-14-10-19-14)16(18)13-7-3-2-4-8-13/h2-9,14H,10-11H2,1H3. The summed E-state index contributed by atoms with van der Waals surface area (Å²) in [5.41, 5.74) is 2.25. The minimum Gasteiger partial charge on any atom is -0.490 e. The Morgan fingerprint density at radius 3 is 2.65 bits per heavy atom. The highest BCUT2D eigenvalue weighted by Gasteiger charge is 2.25. The normalized spacial score (nSPS) is 16.8. The van der Waals surface area contributed by atoms with Gasteiger partial charge in [0.1, 0.15) is 18.5 Å². The fourth-order valence-electron chi connectivity index (χ4n) is 2.11. The van der Waals surface area contributed by atoms with Crippen LogP contribution in [-0.2, 0) is 4.74 Å². The fraction of sp³-hybridized carbons (Fsp3) is 0.235. The lowest BCUT2D eigenvalue weighted by atomic mass is 10.0. The number of epoxide rings is 1. The molecule has 0 bridgehead atoms. The van der Waals surface area contributed by atoms with Crippen molar-refractivity contribution in [1.82, 2.24) is 0 Å². The molecule has 20 heavy (non-hydrogen) atoms. The minimum absolute atomic E-state index is 0.0129. The van der Waals surface area contributed by atoms with Crippen LogP contribution in [0.5, 0.6) is 5.75 Å². The van der Waals surface area contributed by atoms with Crippen LogP contribution < -0.4 is 4.74 Å². The molecule has 0 saturated carbocycles. The number of para-hydroxylation sites is 1. The van der Waals surface area contributed by atoms with Crippen LogP contribution >= 0.6 is 0 Å². The monoisotopic (exact) mass is 268 g/mol. The maximum atomic E-state index is 12.6. The van der Waals surface area contributed by atoms with Gasteiger partial charge in [-0.2, -0.15) is 0 Å². The number of hydrogen-bond donors (Lipinski definition) is 0. The van der Waals surface area contributed by atoms with Crippen molar-refractivity contribution in [3.63, 3.8) is 0 Å². The van der Waals surface area contributed by atoms with Gasteiger partial charge in [-0.1, -0.05) is 42.5 Å². The Kier molecular flexibility index (Phi) is 3.52. The molecule has 1 fully saturated rings. The number of carbonyl (C=O) groups is 1. The summed E-state index contributed by atoms with van der Waals surface area (Å²) in [5, 5.41) is 0. The van der Waals surface area contributed by atoms with E-state index >= 15 is 0 Å². The van der Waals surface area contributed by atoms with Gasteiger partial charge in [-0.3, -0.25) is 4.79 Å². The van der Waals surface area contributed by atoms with E-state index in [1.54, 1.807) is 0 Å². The molecule has 2 aromatic carbocycles. The second kappa shape index (κ2) is 5.47. The molecule has 1 atom stereocenters. The summed E-state index contributed by atoms with van der Waals surface area (Å²) in [6.45, 7) is 3.19. The third-order valence-corrected chi connectivity index (χ3v) is 3.31. The molecular formula is C17H16O3. The molecule has 0 N–H and O–H groups in total. The largest absolute Gasteiger partial charge is 0.490 e. The molecule has 0 spiro atoms. The van der Waals surface area contributed by atoms with Crippen LogP contribution in [0.2, 0.25) is 0 Å². The van der Waals surface area contributed by atoms with Gasteiger partial charge in [0.15, 0.2) is 5.78 Å². The second-order valence-corrected chi connectivity index (χ2v) is 4.91. The predicted molar refractivity (Wildman–Crippen MR) is 76.3 cm³/mol. The zero-order valence-electron chi connectivity index (χ0n) is 11.3. The smallest absolute Gasteiger partial charge is 0.196 e. The van der Waals surface area contributed by atoms with Gasteiger partial charge < -0.3 is 9.47 Å². The molecule has 3 rings (SSSR count). The number of ether oxygens (including phenoxy) is 2. The van der Waals surface area contributed by atoms with Crippen LogP contribution in [0, 0.1) is 6.92 Å². The first kappa shape index (κ1) is 12.9. The Morgan fingerprint density at radius 2 is 1.95 bits per heavy atom. The lowest BCUT2D eigenvalue weighted by Crippen LogP contribution is -2.10. The number of carbonyl (C=O) groups excluding carboxylic acids is 1. The second-order valence-electron chi connectivity index (χ2n) is 4.91. The van der Waals surface area contributed by atoms with Gasteiger partial charge in [0.05, 0.1) is 12.2 Å². The first-order valence-corrected chi connectivity index (χ1v) is 6.69. The van der Waals surface area contributed by atoms with E-state index in [1.165, 1.54) is 0 Å². The van der Waals surface area contributed by atoms with Crippen molar-refractivity contribution in [2.24, 2.45) is 0 Å². The van der Waals surface area contributed by atoms with Gasteiger partial charge in [0.2, 0.25) is 0 Å². The maximum Gasteiger partial charge on any atom is 0.196 e. The predicted octanol–water partition coefficient (Wildman–Crippen LogP) is 3.00. The zero-order chi connectivity index (χ0) is 13.9. The van der Waals surface area contributed by atoms with Crippen molar-refractivity contribution < 1.29 is 14.3 Å². The lowest BCUT2D eigenvalue weighted by molar-refractivity contribution is 0.103. The topological polar surface area (TPSA) is 38.8 Å². The first-order chi connectivity index (χ1) is 9.75. The Morgan fingerprint density at radius 1 is 1.20 bits per heavy atom. The van der Waals surface area contributed by atoms with E-state index in [0.29, 0.717) is 23.5 Å². The summed E-state index contributed by atoms with van der Waals surface area (Å²) >= 11 is 0. The third kappa shape index (κ3) is 2.73. The van der Waals surface area contributed by atoms with Crippen LogP contribution in [0.1, 0.15) is 21.5 Å². The molecule has 1 saturated heterocycles. The molecular weight excluding hydrogens is 252 g/mol. The summed E-state index contributed by atoms with van der Waals surface area (Å²) in [6, 6.07) is 14.9. The van der Waals surface area contributed by atoms with Crippen molar-refractivity contribution >= 4 is 5.78 Å². The Hall–Kier alpha value is -2.13. The van der Waals surface area contributed by atoms with Crippen LogP contribution in [0.4, 0.5) is 0 Å². The molecule has 1 aliphatic rings. The van der Waals surface area contributed by atoms with E-state index in [9.17, 15) is 4.79 Å². The van der Waals surface area contributed by atoms with Gasteiger partial charge in [-0.15, -0.1) is 0 Å². The van der Waals surface area contributed by atoms with Gasteiger partial charge in [-0.25, -0.2) is 0 Å². The Bertz CT molecular complexity index is 615. The summed E-state index contributed by atoms with van der Waals surface area (Å²) in [6.07, 6.45) is 0.175. The molecule has 2 aromatic rings. The summed E-state index contributed by atoms with van der Waals surface area (Å²) < 4.78 is 10.9. The van der Waals surface area contributed by atoms with Gasteiger partial charge >= 0.3 is 0 Å². The van der Waals surface area contributed by atoms with E-state index in [2.05, 4.69) is 0 Å². The zero-order valence-corrected chi connectivity index (χ0v) is 11.3. The number of rotatable bonds is 5. The van der Waals surface area contributed by atoms with Crippen molar-refractivity contribution in [1.29, 1.82) is 0 Å². The molecule has 1 unspecified atom stereocenters. The molecule has 3 nitrogen and oxygen atoms in total. The third-order valence-electron chi connectivity index (χ3n) is 3.31. The maximum absolute atomic E-state index is 12.6. The highest BCUT2D eigenvalue weighted by Crippen LogP contribution is 2.27. The van der Waals surface area contributed by atoms with Crippen molar-refractivity contribution in [2.75, 3.05) is 13.2 Å². The minimum atomic E-state index is -0.0129. The molecule has 0 aromatic heterocycles. The highest BCUT2D eigenvalue weighted by molar-refractivity contribution is 6.10. The summed E-state index contributed by atoms with van der Waals surface area (Å²) in [5.74, 6) is 0.651. The van der Waals surface area contributed by atoms with Gasteiger partial charge in [0, 0.05) is 5.56 Å². The molecule has 0 amide bonds. The average molecular weight is 268 g/mol. The quantitative estimate of drug-likeness (QED) is 0.618. The van der Waals surface area contributed by atoms with E-state index in [-0.39, 0.29) is 11.9 Å². The highest BCUT2D eigenvalue weighted by atomic mass is 16.6. The van der Waals surface area contributed by atoms with Crippen molar-refractivity contribution in [3.05, 3.63) is 65.2 Å². The van der Waals surface area contributed by atoms with Crippen LogP contribution in [0.25, 0.3) is 0 Å². The molecule has 0 aliphatic carbocycles. The molecule has 1 aliphatic heterocycles. The number of aryl methyl sites for hydroxylation is 1. The molecule has 102 valence electrons. The fourth-order valence-corrected chi connectivity index (χ4v) is 2.11. The van der Waals surface area contributed by atoms with Crippen molar-refractivity contribution in [2.45, 2.75) is 13.0 Å². The Balaban J connectivity index is 1.91. The van der Waals surface area contributed by atoms with E-state index in [0.717, 1.165) is 12.2 Å². The SMILES string of the molecule is Cc1cccc(C(=O)c2ccccc2)c1OCC1CO1. The van der Waals surface area contributed by atoms with Crippen LogP contribution in [0.3, 0.4) is 0 Å². The van der Waals surface area contributed by atoms with E-state index < -0.39 is 0 Å². The van der Waals surface area contributed by atoms with Gasteiger partial charge in [-0.05, 0) is 18.6 Å². The number of hydrogen-bond acceptors (Lipinski definition) is 3. The average Bonchev–Trinajstić information content (AvgIpc) is 3.30. The summed E-state index contributed by atoms with van der Waals surface area (Å²) in [7, 11) is 0. The van der Waals surface area contributed by atoms with E-state index in [1.807, 2.05) is 55.5 Å². The first-order valence-electron chi connectivity index (χ1n) is 6.69. The van der Waals surface area contributed by atoms with Crippen molar-refractivity contribution in [3.8, 4) is 5.75 Å². The molecule has 3 heteroatoms. The van der Waals surface area contributed by atoms with Crippen LogP contribution in [-0.4, -0.2) is 25.1 Å². The summed E-state index contributed by atoms with van der Waals surface area (Å²) in [4.78, 5) is 12.6. The number of benzene rings is 2. The number of ketones is 1. The van der Waals surface area contributed by atoms with Crippen LogP contribution in [0.15, 0.2) is 48.5 Å². The lowest BCUT2D eigenvalue weighted by Gasteiger charge is -2.12. The Labute approximate surface area is 118 Å². The molecule has 0 radical (unpaired) electrons. The van der Waals surface area contributed by atoms with Gasteiger partial charge in [0.25, 0.3) is 0 Å². The van der Waals surface area contributed by atoms with E-state index in [4.69, 9.17) is 9.47 Å².